The molecule has 0 spiro atoms. The molecule has 0 saturated carbocycles. The first kappa shape index (κ1) is 10.1. The Balaban J connectivity index is 0. The average Bonchev–Trinajstić information content (AvgIpc) is 1.88. The first-order chi connectivity index (χ1) is 3.83. The van der Waals surface area contributed by atoms with Gasteiger partial charge in [0.2, 0.25) is 0 Å². The summed E-state index contributed by atoms with van der Waals surface area (Å²) in [5, 5.41) is 15.2. The molecule has 2 nitrogen and oxygen atoms in total. The second-order valence-electron chi connectivity index (χ2n) is 1.02. The van der Waals surface area contributed by atoms with Gasteiger partial charge < -0.3 is 0 Å². The standard InChI is InChI=1S/2C3H5N/c2*1-2-3-4/h2*2H2,1H3. The Hall–Kier alpha value is -1.02. The van der Waals surface area contributed by atoms with E-state index in [0.717, 1.165) is 0 Å². The van der Waals surface area contributed by atoms with Crippen LogP contribution in [0.25, 0.3) is 0 Å². The number of hydrogen-bond donors (Lipinski definition) is 0. The second kappa shape index (κ2) is 16.7. The summed E-state index contributed by atoms with van der Waals surface area (Å²) in [6, 6.07) is 3.86. The van der Waals surface area contributed by atoms with E-state index in [0.29, 0.717) is 12.8 Å². The summed E-state index contributed by atoms with van der Waals surface area (Å²) in [5.74, 6) is 0. The first-order valence-corrected chi connectivity index (χ1v) is 2.57. The van der Waals surface area contributed by atoms with Crippen LogP contribution in [0.4, 0.5) is 0 Å². The van der Waals surface area contributed by atoms with Crippen molar-refractivity contribution in [1.29, 1.82) is 10.5 Å². The van der Waals surface area contributed by atoms with E-state index < -0.39 is 0 Å². The average molecular weight is 110 g/mol. The van der Waals surface area contributed by atoms with Crippen molar-refractivity contribution in [2.45, 2.75) is 26.7 Å². The van der Waals surface area contributed by atoms with Crippen LogP contribution in [0.5, 0.6) is 0 Å². The minimum absolute atomic E-state index is 0.625. The molecule has 0 heterocycles. The van der Waals surface area contributed by atoms with Gasteiger partial charge in [0.15, 0.2) is 0 Å². The van der Waals surface area contributed by atoms with Gasteiger partial charge in [-0.15, -0.1) is 0 Å². The summed E-state index contributed by atoms with van der Waals surface area (Å²) in [5.41, 5.74) is 0. The molecule has 0 saturated heterocycles. The van der Waals surface area contributed by atoms with Crippen LogP contribution in [0, 0.1) is 22.7 Å². The van der Waals surface area contributed by atoms with E-state index in [1.165, 1.54) is 0 Å². The van der Waals surface area contributed by atoms with E-state index in [2.05, 4.69) is 0 Å². The normalized spacial score (nSPS) is 5.00. The molecule has 0 rings (SSSR count). The fourth-order valence-electron chi connectivity index (χ4n) is 0. The monoisotopic (exact) mass is 110 g/mol. The maximum atomic E-state index is 7.62. The minimum Gasteiger partial charge on any atom is -0.198 e. The third kappa shape index (κ3) is 82.1. The minimum atomic E-state index is 0.625. The van der Waals surface area contributed by atoms with Crippen molar-refractivity contribution >= 4 is 0 Å². The summed E-state index contributed by atoms with van der Waals surface area (Å²) < 4.78 is 0. The fraction of sp³-hybridized carbons (Fsp3) is 0.667. The highest BCUT2D eigenvalue weighted by molar-refractivity contribution is 4.62. The number of rotatable bonds is 0. The lowest BCUT2D eigenvalue weighted by atomic mass is 10.6. The zero-order chi connectivity index (χ0) is 6.83. The molecular formula is C6H10N2. The van der Waals surface area contributed by atoms with Gasteiger partial charge in [0.1, 0.15) is 0 Å². The van der Waals surface area contributed by atoms with Gasteiger partial charge in [-0.05, 0) is 0 Å². The highest BCUT2D eigenvalue weighted by Gasteiger charge is 1.50. The smallest absolute Gasteiger partial charge is 0.0618 e. The predicted octanol–water partition coefficient (Wildman–Crippen LogP) is 1.84. The molecule has 8 heavy (non-hydrogen) atoms. The third-order valence-electron chi connectivity index (χ3n) is 0.316. The highest BCUT2D eigenvalue weighted by Crippen LogP contribution is 1.58. The van der Waals surface area contributed by atoms with Crippen molar-refractivity contribution in [3.05, 3.63) is 0 Å². The van der Waals surface area contributed by atoms with Crippen LogP contribution >= 0.6 is 0 Å². The largest absolute Gasteiger partial charge is 0.198 e. The molecule has 44 valence electrons. The summed E-state index contributed by atoms with van der Waals surface area (Å²) in [6.07, 6.45) is 1.25. The molecule has 0 aliphatic rings. The Morgan fingerprint density at radius 1 is 1.00 bits per heavy atom. The number of hydrogen-bond acceptors (Lipinski definition) is 2. The Bertz CT molecular complexity index is 80.1. The highest BCUT2D eigenvalue weighted by atomic mass is 14.2. The maximum Gasteiger partial charge on any atom is 0.0618 e. The van der Waals surface area contributed by atoms with Gasteiger partial charge >= 0.3 is 0 Å². The molecule has 0 aromatic heterocycles. The quantitative estimate of drug-likeness (QED) is 0.477. The molecule has 0 amide bonds. The molecular weight excluding hydrogens is 100 g/mol. The van der Waals surface area contributed by atoms with Crippen molar-refractivity contribution in [3.8, 4) is 12.1 Å². The molecule has 0 aromatic carbocycles. The van der Waals surface area contributed by atoms with Crippen molar-refractivity contribution in [1.82, 2.24) is 0 Å². The van der Waals surface area contributed by atoms with E-state index >= 15 is 0 Å². The van der Waals surface area contributed by atoms with E-state index in [1.54, 1.807) is 0 Å². The van der Waals surface area contributed by atoms with Crippen LogP contribution in [-0.4, -0.2) is 0 Å². The fourth-order valence-corrected chi connectivity index (χ4v) is 0. The zero-order valence-electron chi connectivity index (χ0n) is 5.31. The summed E-state index contributed by atoms with van der Waals surface area (Å²) in [4.78, 5) is 0. The van der Waals surface area contributed by atoms with Gasteiger partial charge in [-0.3, -0.25) is 0 Å². The van der Waals surface area contributed by atoms with Gasteiger partial charge in [0.05, 0.1) is 12.1 Å². The molecule has 0 fully saturated rings. The van der Waals surface area contributed by atoms with Crippen LogP contribution in [0.2, 0.25) is 0 Å². The van der Waals surface area contributed by atoms with Crippen molar-refractivity contribution in [3.63, 3.8) is 0 Å². The lowest BCUT2D eigenvalue weighted by Gasteiger charge is -1.47. The first-order valence-electron chi connectivity index (χ1n) is 2.57. The van der Waals surface area contributed by atoms with Crippen LogP contribution < -0.4 is 0 Å². The van der Waals surface area contributed by atoms with Gasteiger partial charge in [0, 0.05) is 12.8 Å². The van der Waals surface area contributed by atoms with Crippen molar-refractivity contribution in [2.75, 3.05) is 0 Å². The van der Waals surface area contributed by atoms with E-state index in [1.807, 2.05) is 26.0 Å². The van der Waals surface area contributed by atoms with Gasteiger partial charge in [-0.1, -0.05) is 13.8 Å². The topological polar surface area (TPSA) is 47.6 Å². The molecule has 0 unspecified atom stereocenters. The summed E-state index contributed by atoms with van der Waals surface area (Å²) >= 11 is 0. The van der Waals surface area contributed by atoms with Crippen molar-refractivity contribution < 1.29 is 0 Å². The molecule has 0 N–H and O–H groups in total. The molecule has 0 atom stereocenters. The second-order valence-corrected chi connectivity index (χ2v) is 1.02. The Morgan fingerprint density at radius 2 is 1.12 bits per heavy atom. The van der Waals surface area contributed by atoms with Crippen molar-refractivity contribution in [2.24, 2.45) is 0 Å². The lowest BCUT2D eigenvalue weighted by molar-refractivity contribution is 1.22. The molecule has 0 aliphatic carbocycles. The van der Waals surface area contributed by atoms with Gasteiger partial charge in [-0.2, -0.15) is 10.5 Å². The molecule has 0 radical (unpaired) electrons. The number of nitrogens with zero attached hydrogens (tertiary/aromatic N) is 2. The molecule has 0 aliphatic heterocycles. The SMILES string of the molecule is CCC#N.CCC#N. The van der Waals surface area contributed by atoms with Crippen LogP contribution in [0.1, 0.15) is 26.7 Å². The maximum absolute atomic E-state index is 7.62. The van der Waals surface area contributed by atoms with Crippen LogP contribution in [0.3, 0.4) is 0 Å². The molecule has 0 aromatic rings. The number of nitriles is 2. The Labute approximate surface area is 50.4 Å². The van der Waals surface area contributed by atoms with Gasteiger partial charge in [-0.25, -0.2) is 0 Å². The predicted molar refractivity (Wildman–Crippen MR) is 31.8 cm³/mol. The van der Waals surface area contributed by atoms with Crippen LogP contribution in [0.15, 0.2) is 0 Å². The van der Waals surface area contributed by atoms with Crippen LogP contribution in [-0.2, 0) is 0 Å². The Kier molecular flexibility index (Phi) is 21.0. The summed E-state index contributed by atoms with van der Waals surface area (Å²) in [7, 11) is 0. The molecule has 2 heteroatoms. The Morgan fingerprint density at radius 3 is 1.12 bits per heavy atom. The van der Waals surface area contributed by atoms with E-state index in [9.17, 15) is 0 Å². The molecule has 0 bridgehead atoms. The lowest BCUT2D eigenvalue weighted by Crippen LogP contribution is -1.38. The summed E-state index contributed by atoms with van der Waals surface area (Å²) in [6.45, 7) is 3.64. The van der Waals surface area contributed by atoms with E-state index in [4.69, 9.17) is 10.5 Å². The van der Waals surface area contributed by atoms with E-state index in [-0.39, 0.29) is 0 Å². The van der Waals surface area contributed by atoms with Gasteiger partial charge in [0.25, 0.3) is 0 Å². The zero-order valence-corrected chi connectivity index (χ0v) is 5.31. The third-order valence-corrected chi connectivity index (χ3v) is 0.316.